The second kappa shape index (κ2) is 6.16. The molecule has 0 unspecified atom stereocenters. The van der Waals surface area contributed by atoms with Gasteiger partial charge in [-0.05, 0) is 51.1 Å². The normalized spacial score (nSPS) is 11.2. The zero-order chi connectivity index (χ0) is 16.6. The Balaban J connectivity index is 2.33. The molecular weight excluding hydrogens is 356 g/mol. The summed E-state index contributed by atoms with van der Waals surface area (Å²) in [4.78, 5) is 17.5. The molecule has 1 aromatic heterocycles. The van der Waals surface area contributed by atoms with E-state index in [1.54, 1.807) is 10.6 Å². The summed E-state index contributed by atoms with van der Waals surface area (Å²) in [5, 5.41) is 0.591. The highest BCUT2D eigenvalue weighted by Crippen LogP contribution is 2.28. The van der Waals surface area contributed by atoms with Crippen LogP contribution in [0.4, 0.5) is 0 Å². The van der Waals surface area contributed by atoms with Crippen LogP contribution in [0.1, 0.15) is 19.7 Å². The molecule has 23 heavy (non-hydrogen) atoms. The number of ether oxygens (including phenoxy) is 1. The standard InChI is InChI=1S/C18H17BrN2O2/c1-11(2)23-17-9-8-13(19)10-16(17)21-12(3)20-15-7-5-4-6-14(15)18(21)22/h4-11H,1-3H3. The van der Waals surface area contributed by atoms with Crippen molar-refractivity contribution in [3.05, 3.63) is 63.1 Å². The molecule has 0 atom stereocenters. The van der Waals surface area contributed by atoms with Gasteiger partial charge in [-0.1, -0.05) is 28.1 Å². The molecule has 0 fully saturated rings. The van der Waals surface area contributed by atoms with E-state index in [4.69, 9.17) is 4.74 Å². The Morgan fingerprint density at radius 3 is 2.65 bits per heavy atom. The van der Waals surface area contributed by atoms with Crippen molar-refractivity contribution < 1.29 is 4.74 Å². The molecule has 0 amide bonds. The summed E-state index contributed by atoms with van der Waals surface area (Å²) in [6.07, 6.45) is 0.0133. The topological polar surface area (TPSA) is 44.1 Å². The molecule has 0 bridgehead atoms. The second-order valence-electron chi connectivity index (χ2n) is 5.60. The number of hydrogen-bond acceptors (Lipinski definition) is 3. The van der Waals surface area contributed by atoms with Crippen molar-refractivity contribution in [2.75, 3.05) is 0 Å². The summed E-state index contributed by atoms with van der Waals surface area (Å²) in [5.74, 6) is 1.28. The molecule has 0 aliphatic heterocycles. The summed E-state index contributed by atoms with van der Waals surface area (Å²) >= 11 is 3.47. The number of nitrogens with zero attached hydrogens (tertiary/aromatic N) is 2. The predicted octanol–water partition coefficient (Wildman–Crippen LogP) is 4.24. The Labute approximate surface area is 142 Å². The lowest BCUT2D eigenvalue weighted by Crippen LogP contribution is -2.23. The van der Waals surface area contributed by atoms with Crippen molar-refractivity contribution in [3.8, 4) is 11.4 Å². The van der Waals surface area contributed by atoms with Crippen LogP contribution in [0, 0.1) is 6.92 Å². The van der Waals surface area contributed by atoms with E-state index in [2.05, 4.69) is 20.9 Å². The van der Waals surface area contributed by atoms with Crippen LogP contribution < -0.4 is 10.3 Å². The van der Waals surface area contributed by atoms with E-state index in [0.717, 1.165) is 4.47 Å². The van der Waals surface area contributed by atoms with Gasteiger partial charge in [0.25, 0.3) is 5.56 Å². The van der Waals surface area contributed by atoms with E-state index in [9.17, 15) is 4.79 Å². The van der Waals surface area contributed by atoms with Gasteiger partial charge in [-0.2, -0.15) is 0 Å². The molecular formula is C18H17BrN2O2. The Morgan fingerprint density at radius 1 is 1.17 bits per heavy atom. The summed E-state index contributed by atoms with van der Waals surface area (Å²) in [7, 11) is 0. The molecule has 0 saturated heterocycles. The highest BCUT2D eigenvalue weighted by Gasteiger charge is 2.15. The van der Waals surface area contributed by atoms with Gasteiger partial charge >= 0.3 is 0 Å². The molecule has 0 aliphatic rings. The largest absolute Gasteiger partial charge is 0.489 e. The summed E-state index contributed by atoms with van der Waals surface area (Å²) in [6, 6.07) is 13.0. The fourth-order valence-electron chi connectivity index (χ4n) is 2.55. The number of hydrogen-bond donors (Lipinski definition) is 0. The predicted molar refractivity (Wildman–Crippen MR) is 95.5 cm³/mol. The van der Waals surface area contributed by atoms with Gasteiger partial charge in [-0.15, -0.1) is 0 Å². The van der Waals surface area contributed by atoms with E-state index in [1.165, 1.54) is 0 Å². The van der Waals surface area contributed by atoms with Gasteiger partial charge in [0.1, 0.15) is 11.6 Å². The maximum Gasteiger partial charge on any atom is 0.266 e. The van der Waals surface area contributed by atoms with Crippen LogP contribution >= 0.6 is 15.9 Å². The first-order valence-corrected chi connectivity index (χ1v) is 8.21. The number of halogens is 1. The average molecular weight is 373 g/mol. The van der Waals surface area contributed by atoms with Gasteiger partial charge in [-0.3, -0.25) is 9.36 Å². The number of benzene rings is 2. The molecule has 3 rings (SSSR count). The van der Waals surface area contributed by atoms with Crippen molar-refractivity contribution in [3.63, 3.8) is 0 Å². The third kappa shape index (κ3) is 3.01. The van der Waals surface area contributed by atoms with Crippen LogP contribution in [0.5, 0.6) is 5.75 Å². The molecule has 0 N–H and O–H groups in total. The van der Waals surface area contributed by atoms with Crippen molar-refractivity contribution in [1.82, 2.24) is 9.55 Å². The van der Waals surface area contributed by atoms with E-state index in [-0.39, 0.29) is 11.7 Å². The minimum atomic E-state index is -0.0974. The average Bonchev–Trinajstić information content (AvgIpc) is 2.49. The fraction of sp³-hybridized carbons (Fsp3) is 0.222. The SMILES string of the molecule is Cc1nc2ccccc2c(=O)n1-c1cc(Br)ccc1OC(C)C. The van der Waals surface area contributed by atoms with Crippen LogP contribution in [0.2, 0.25) is 0 Å². The van der Waals surface area contributed by atoms with Gasteiger partial charge in [0.2, 0.25) is 0 Å². The van der Waals surface area contributed by atoms with Crippen LogP contribution in [-0.4, -0.2) is 15.7 Å². The van der Waals surface area contributed by atoms with Crippen molar-refractivity contribution in [2.24, 2.45) is 0 Å². The minimum absolute atomic E-state index is 0.0133. The molecule has 2 aromatic carbocycles. The number of aromatic nitrogens is 2. The van der Waals surface area contributed by atoms with Gasteiger partial charge in [0.15, 0.2) is 0 Å². The highest BCUT2D eigenvalue weighted by molar-refractivity contribution is 9.10. The molecule has 0 radical (unpaired) electrons. The second-order valence-corrected chi connectivity index (χ2v) is 6.51. The van der Waals surface area contributed by atoms with E-state index in [1.807, 2.05) is 57.2 Å². The first-order valence-electron chi connectivity index (χ1n) is 7.42. The maximum atomic E-state index is 13.0. The molecule has 118 valence electrons. The zero-order valence-electron chi connectivity index (χ0n) is 13.2. The smallest absolute Gasteiger partial charge is 0.266 e. The van der Waals surface area contributed by atoms with Crippen LogP contribution in [0.15, 0.2) is 51.7 Å². The fourth-order valence-corrected chi connectivity index (χ4v) is 2.90. The summed E-state index contributed by atoms with van der Waals surface area (Å²) in [6.45, 7) is 5.74. The van der Waals surface area contributed by atoms with E-state index in [0.29, 0.717) is 28.2 Å². The minimum Gasteiger partial charge on any atom is -0.489 e. The zero-order valence-corrected chi connectivity index (χ0v) is 14.8. The van der Waals surface area contributed by atoms with Crippen LogP contribution in [0.25, 0.3) is 16.6 Å². The Bertz CT molecular complexity index is 932. The molecule has 5 heteroatoms. The monoisotopic (exact) mass is 372 g/mol. The van der Waals surface area contributed by atoms with Crippen LogP contribution in [-0.2, 0) is 0 Å². The van der Waals surface area contributed by atoms with E-state index >= 15 is 0 Å². The Hall–Kier alpha value is -2.14. The first-order chi connectivity index (χ1) is 11.0. The number of rotatable bonds is 3. The van der Waals surface area contributed by atoms with Gasteiger partial charge < -0.3 is 4.74 Å². The lowest BCUT2D eigenvalue weighted by atomic mass is 10.2. The third-order valence-corrected chi connectivity index (χ3v) is 3.96. The number of aryl methyl sites for hydroxylation is 1. The van der Waals surface area contributed by atoms with Crippen LogP contribution in [0.3, 0.4) is 0 Å². The molecule has 4 nitrogen and oxygen atoms in total. The van der Waals surface area contributed by atoms with Gasteiger partial charge in [0, 0.05) is 4.47 Å². The first kappa shape index (κ1) is 15.7. The van der Waals surface area contributed by atoms with Gasteiger partial charge in [-0.25, -0.2) is 4.98 Å². The Morgan fingerprint density at radius 2 is 1.91 bits per heavy atom. The quantitative estimate of drug-likeness (QED) is 0.690. The molecule has 0 saturated carbocycles. The lowest BCUT2D eigenvalue weighted by molar-refractivity contribution is 0.241. The molecule has 0 aliphatic carbocycles. The van der Waals surface area contributed by atoms with Gasteiger partial charge in [0.05, 0.1) is 22.7 Å². The van der Waals surface area contributed by atoms with Crippen molar-refractivity contribution in [2.45, 2.75) is 26.9 Å². The summed E-state index contributed by atoms with van der Waals surface area (Å²) in [5.41, 5.74) is 1.29. The molecule has 1 heterocycles. The third-order valence-electron chi connectivity index (χ3n) is 3.47. The van der Waals surface area contributed by atoms with Crippen molar-refractivity contribution >= 4 is 26.8 Å². The lowest BCUT2D eigenvalue weighted by Gasteiger charge is -2.17. The highest BCUT2D eigenvalue weighted by atomic mass is 79.9. The number of para-hydroxylation sites is 1. The van der Waals surface area contributed by atoms with Crippen molar-refractivity contribution in [1.29, 1.82) is 0 Å². The number of fused-ring (bicyclic) bond motifs is 1. The molecule has 3 aromatic rings. The maximum absolute atomic E-state index is 13.0. The Kier molecular flexibility index (Phi) is 4.22. The summed E-state index contributed by atoms with van der Waals surface area (Å²) < 4.78 is 8.35. The van der Waals surface area contributed by atoms with E-state index < -0.39 is 0 Å². The molecule has 0 spiro atoms.